The van der Waals surface area contributed by atoms with Gasteiger partial charge in [-0.1, -0.05) is 31.1 Å². The molecule has 1 atom stereocenters. The van der Waals surface area contributed by atoms with E-state index in [9.17, 15) is 9.59 Å². The van der Waals surface area contributed by atoms with Crippen LogP contribution in [0.1, 0.15) is 52.9 Å². The Hall–Kier alpha value is -3.68. The molecule has 3 aromatic rings. The van der Waals surface area contributed by atoms with E-state index in [0.29, 0.717) is 40.4 Å². The van der Waals surface area contributed by atoms with Crippen molar-refractivity contribution in [2.24, 2.45) is 5.92 Å². The molecule has 160 valence electrons. The van der Waals surface area contributed by atoms with Crippen LogP contribution in [0.4, 0.5) is 0 Å². The number of methoxy groups -OCH3 is 2. The van der Waals surface area contributed by atoms with Gasteiger partial charge in [0.15, 0.2) is 0 Å². The van der Waals surface area contributed by atoms with Crippen molar-refractivity contribution < 1.29 is 23.6 Å². The Kier molecular flexibility index (Phi) is 5.46. The average molecular weight is 421 g/mol. The minimum atomic E-state index is -0.666. The molecule has 31 heavy (non-hydrogen) atoms. The lowest BCUT2D eigenvalue weighted by atomic mass is 10.0. The molecule has 8 nitrogen and oxygen atoms in total. The van der Waals surface area contributed by atoms with E-state index in [1.165, 1.54) is 4.90 Å². The van der Waals surface area contributed by atoms with Gasteiger partial charge in [0.1, 0.15) is 17.5 Å². The van der Waals surface area contributed by atoms with E-state index in [0.717, 1.165) is 0 Å². The van der Waals surface area contributed by atoms with Gasteiger partial charge in [-0.2, -0.15) is 4.98 Å². The van der Waals surface area contributed by atoms with Crippen LogP contribution in [0.2, 0.25) is 0 Å². The molecule has 2 heterocycles. The molecule has 0 fully saturated rings. The summed E-state index contributed by atoms with van der Waals surface area (Å²) in [6.45, 7) is 4.02. The van der Waals surface area contributed by atoms with Gasteiger partial charge in [0.25, 0.3) is 11.8 Å². The third-order valence-corrected chi connectivity index (χ3v) is 5.17. The Morgan fingerprint density at radius 3 is 2.06 bits per heavy atom. The van der Waals surface area contributed by atoms with E-state index in [2.05, 4.69) is 10.1 Å². The summed E-state index contributed by atoms with van der Waals surface area (Å²) in [5.74, 6) is 1.17. The third-order valence-electron chi connectivity index (χ3n) is 5.17. The topological polar surface area (TPSA) is 94.8 Å². The Morgan fingerprint density at radius 2 is 1.55 bits per heavy atom. The molecule has 8 heteroatoms. The first-order valence-electron chi connectivity index (χ1n) is 9.97. The summed E-state index contributed by atoms with van der Waals surface area (Å²) >= 11 is 0. The summed E-state index contributed by atoms with van der Waals surface area (Å²) in [7, 11) is 3.11. The molecule has 4 rings (SSSR count). The van der Waals surface area contributed by atoms with Crippen molar-refractivity contribution in [2.75, 3.05) is 14.2 Å². The summed E-state index contributed by atoms with van der Waals surface area (Å²) in [4.78, 5) is 31.8. The molecule has 1 aromatic heterocycles. The molecule has 2 amide bonds. The lowest BCUT2D eigenvalue weighted by Gasteiger charge is -2.24. The van der Waals surface area contributed by atoms with Gasteiger partial charge in [0.2, 0.25) is 11.7 Å². The Labute approximate surface area is 179 Å². The highest BCUT2D eigenvalue weighted by atomic mass is 16.5. The van der Waals surface area contributed by atoms with Gasteiger partial charge in [0.05, 0.1) is 25.3 Å². The molecule has 0 saturated carbocycles. The van der Waals surface area contributed by atoms with Crippen LogP contribution in [0, 0.1) is 5.92 Å². The van der Waals surface area contributed by atoms with Crippen LogP contribution in [0.15, 0.2) is 47.0 Å². The van der Waals surface area contributed by atoms with E-state index >= 15 is 0 Å². The highest BCUT2D eigenvalue weighted by molar-refractivity contribution is 6.21. The standard InChI is InChI=1S/C23H23N3O5/c1-13(2)9-19(26-22(27)17-7-5-6-8-18(17)23(26)28)21-24-20(25-31-21)14-10-15(29-3)12-16(11-14)30-4/h5-8,10-13,19H,9H2,1-4H3/t19-/m0/s1. The molecule has 0 radical (unpaired) electrons. The highest BCUT2D eigenvalue weighted by Gasteiger charge is 2.42. The highest BCUT2D eigenvalue weighted by Crippen LogP contribution is 2.36. The zero-order valence-corrected chi connectivity index (χ0v) is 17.8. The van der Waals surface area contributed by atoms with Crippen molar-refractivity contribution in [1.29, 1.82) is 0 Å². The number of amides is 2. The maximum absolute atomic E-state index is 13.0. The average Bonchev–Trinajstić information content (AvgIpc) is 3.36. The number of benzene rings is 2. The maximum atomic E-state index is 13.0. The van der Waals surface area contributed by atoms with Crippen LogP contribution in [-0.4, -0.2) is 41.1 Å². The zero-order valence-electron chi connectivity index (χ0n) is 17.8. The minimum absolute atomic E-state index is 0.182. The van der Waals surface area contributed by atoms with Crippen molar-refractivity contribution in [1.82, 2.24) is 15.0 Å². The second kappa shape index (κ2) is 8.22. The number of hydrogen-bond acceptors (Lipinski definition) is 7. The summed E-state index contributed by atoms with van der Waals surface area (Å²) in [5, 5.41) is 4.09. The van der Waals surface area contributed by atoms with E-state index in [-0.39, 0.29) is 23.6 Å². The van der Waals surface area contributed by atoms with Crippen LogP contribution < -0.4 is 9.47 Å². The molecule has 0 unspecified atom stereocenters. The van der Waals surface area contributed by atoms with Crippen LogP contribution in [0.5, 0.6) is 11.5 Å². The van der Waals surface area contributed by atoms with Crippen molar-refractivity contribution in [3.05, 3.63) is 59.5 Å². The fourth-order valence-corrected chi connectivity index (χ4v) is 3.68. The molecule has 0 aliphatic carbocycles. The van der Waals surface area contributed by atoms with Gasteiger partial charge in [-0.3, -0.25) is 14.5 Å². The van der Waals surface area contributed by atoms with Crippen LogP contribution >= 0.6 is 0 Å². The van der Waals surface area contributed by atoms with Gasteiger partial charge in [-0.25, -0.2) is 0 Å². The number of carbonyl (C=O) groups excluding carboxylic acids is 2. The quantitative estimate of drug-likeness (QED) is 0.529. The Balaban J connectivity index is 1.72. The summed E-state index contributed by atoms with van der Waals surface area (Å²) in [6.07, 6.45) is 0.495. The molecular weight excluding hydrogens is 398 g/mol. The van der Waals surface area contributed by atoms with Gasteiger partial charge < -0.3 is 14.0 Å². The Bertz CT molecular complexity index is 1080. The lowest BCUT2D eigenvalue weighted by Crippen LogP contribution is -2.35. The maximum Gasteiger partial charge on any atom is 0.262 e. The fraction of sp³-hybridized carbons (Fsp3) is 0.304. The van der Waals surface area contributed by atoms with Crippen molar-refractivity contribution in [3.63, 3.8) is 0 Å². The van der Waals surface area contributed by atoms with Gasteiger partial charge in [-0.05, 0) is 36.6 Å². The van der Waals surface area contributed by atoms with Crippen molar-refractivity contribution in [3.8, 4) is 22.9 Å². The number of ether oxygens (including phenoxy) is 2. The molecule has 0 saturated heterocycles. The first-order chi connectivity index (χ1) is 14.9. The first-order valence-corrected chi connectivity index (χ1v) is 9.97. The smallest absolute Gasteiger partial charge is 0.262 e. The van der Waals surface area contributed by atoms with E-state index in [4.69, 9.17) is 14.0 Å². The number of hydrogen-bond donors (Lipinski definition) is 0. The predicted octanol–water partition coefficient (Wildman–Crippen LogP) is 4.14. The fourth-order valence-electron chi connectivity index (χ4n) is 3.68. The predicted molar refractivity (Wildman–Crippen MR) is 112 cm³/mol. The summed E-state index contributed by atoms with van der Waals surface area (Å²) in [6, 6.07) is 11.4. The number of rotatable bonds is 7. The van der Waals surface area contributed by atoms with Crippen LogP contribution in [-0.2, 0) is 0 Å². The molecule has 0 bridgehead atoms. The number of imide groups is 1. The molecule has 1 aliphatic rings. The third kappa shape index (κ3) is 3.76. The van der Waals surface area contributed by atoms with Crippen molar-refractivity contribution >= 4 is 11.8 Å². The SMILES string of the molecule is COc1cc(OC)cc(-c2noc([C@H](CC(C)C)N3C(=O)c4ccccc4C3=O)n2)c1. The molecule has 1 aliphatic heterocycles. The van der Waals surface area contributed by atoms with E-state index in [1.807, 2.05) is 13.8 Å². The van der Waals surface area contributed by atoms with E-state index in [1.54, 1.807) is 56.7 Å². The van der Waals surface area contributed by atoms with Gasteiger partial charge >= 0.3 is 0 Å². The molecule has 0 N–H and O–H groups in total. The monoisotopic (exact) mass is 421 g/mol. The summed E-state index contributed by atoms with van der Waals surface area (Å²) in [5.41, 5.74) is 1.41. The summed E-state index contributed by atoms with van der Waals surface area (Å²) < 4.78 is 16.2. The second-order valence-corrected chi connectivity index (χ2v) is 7.73. The van der Waals surface area contributed by atoms with Crippen LogP contribution in [0.25, 0.3) is 11.4 Å². The Morgan fingerprint density at radius 1 is 0.968 bits per heavy atom. The molecule has 2 aromatic carbocycles. The normalized spacial score (nSPS) is 14.2. The molecular formula is C23H23N3O5. The number of nitrogens with zero attached hydrogens (tertiary/aromatic N) is 3. The largest absolute Gasteiger partial charge is 0.497 e. The molecule has 0 spiro atoms. The van der Waals surface area contributed by atoms with Crippen molar-refractivity contribution in [2.45, 2.75) is 26.3 Å². The minimum Gasteiger partial charge on any atom is -0.497 e. The van der Waals surface area contributed by atoms with E-state index < -0.39 is 6.04 Å². The second-order valence-electron chi connectivity index (χ2n) is 7.73. The first kappa shape index (κ1) is 20.6. The number of carbonyl (C=O) groups is 2. The van der Waals surface area contributed by atoms with Gasteiger partial charge in [-0.15, -0.1) is 0 Å². The zero-order chi connectivity index (χ0) is 22.1. The van der Waals surface area contributed by atoms with Gasteiger partial charge in [0, 0.05) is 11.6 Å². The number of aromatic nitrogens is 2. The van der Waals surface area contributed by atoms with Crippen LogP contribution in [0.3, 0.4) is 0 Å². The lowest BCUT2D eigenvalue weighted by molar-refractivity contribution is 0.0529. The number of fused-ring (bicyclic) bond motifs is 1.